The molecule has 3 aromatic rings. The van der Waals surface area contributed by atoms with E-state index in [0.717, 1.165) is 0 Å². The van der Waals surface area contributed by atoms with Crippen LogP contribution in [0.4, 0.5) is 0 Å². The Hall–Kier alpha value is -4.07. The molecule has 0 aliphatic rings. The van der Waals surface area contributed by atoms with Crippen molar-refractivity contribution in [2.75, 3.05) is 14.2 Å². The highest BCUT2D eigenvalue weighted by Crippen LogP contribution is 2.33. The standard InChI is InChI=1S/C21H16O8/c1-27-16-9-13(20(23)24)7-11(18(16)22)3-5-15-6-4-12-8-14(21(25)26)10-17(28-2)19(12)29-15/h3-10H,1-2H3,(H2-,22,23,24,25,26)/p+1/b5-3+. The van der Waals surface area contributed by atoms with E-state index in [2.05, 4.69) is 0 Å². The summed E-state index contributed by atoms with van der Waals surface area (Å²) in [7, 11) is 2.73. The lowest BCUT2D eigenvalue weighted by Crippen LogP contribution is -1.98. The summed E-state index contributed by atoms with van der Waals surface area (Å²) < 4.78 is 16.0. The second-order valence-electron chi connectivity index (χ2n) is 5.99. The Morgan fingerprint density at radius 2 is 1.52 bits per heavy atom. The monoisotopic (exact) mass is 397 g/mol. The van der Waals surface area contributed by atoms with E-state index in [1.165, 1.54) is 50.6 Å². The normalized spacial score (nSPS) is 11.0. The highest BCUT2D eigenvalue weighted by molar-refractivity contribution is 5.95. The zero-order valence-electron chi connectivity index (χ0n) is 15.5. The van der Waals surface area contributed by atoms with Gasteiger partial charge in [0.05, 0.1) is 30.7 Å². The minimum absolute atomic E-state index is 0.0304. The molecule has 148 valence electrons. The molecule has 1 heterocycles. The van der Waals surface area contributed by atoms with Crippen molar-refractivity contribution in [3.05, 3.63) is 58.8 Å². The van der Waals surface area contributed by atoms with Crippen LogP contribution >= 0.6 is 0 Å². The maximum Gasteiger partial charge on any atom is 0.402 e. The van der Waals surface area contributed by atoms with Gasteiger partial charge in [-0.3, -0.25) is 0 Å². The first-order valence-corrected chi connectivity index (χ1v) is 8.34. The molecule has 0 atom stereocenters. The number of phenolic OH excluding ortho intramolecular Hbond substituents is 1. The fraction of sp³-hybridized carbons (Fsp3) is 0.0952. The number of rotatable bonds is 6. The molecule has 29 heavy (non-hydrogen) atoms. The largest absolute Gasteiger partial charge is 0.504 e. The van der Waals surface area contributed by atoms with Gasteiger partial charge in [0.15, 0.2) is 11.5 Å². The molecule has 0 saturated carbocycles. The third-order valence-electron chi connectivity index (χ3n) is 4.20. The minimum atomic E-state index is -1.16. The number of fused-ring (bicyclic) bond motifs is 1. The molecule has 8 nitrogen and oxygen atoms in total. The molecule has 0 unspecified atom stereocenters. The van der Waals surface area contributed by atoms with E-state index in [1.807, 2.05) is 0 Å². The molecule has 0 amide bonds. The molecule has 0 fully saturated rings. The van der Waals surface area contributed by atoms with Crippen LogP contribution in [0.25, 0.3) is 23.1 Å². The Kier molecular flexibility index (Phi) is 5.36. The molecular formula is C21H17O8+. The molecule has 8 heteroatoms. The van der Waals surface area contributed by atoms with Gasteiger partial charge in [-0.1, -0.05) is 0 Å². The number of carbonyl (C=O) groups is 2. The number of carboxylic acid groups (broad SMARTS) is 2. The van der Waals surface area contributed by atoms with Crippen molar-refractivity contribution in [3.8, 4) is 17.2 Å². The van der Waals surface area contributed by atoms with Crippen LogP contribution in [0.5, 0.6) is 17.2 Å². The predicted octanol–water partition coefficient (Wildman–Crippen LogP) is 4.00. The van der Waals surface area contributed by atoms with E-state index in [4.69, 9.17) is 13.9 Å². The van der Waals surface area contributed by atoms with E-state index in [9.17, 15) is 24.9 Å². The second kappa shape index (κ2) is 7.89. The van der Waals surface area contributed by atoms with Crippen LogP contribution in [0.3, 0.4) is 0 Å². The minimum Gasteiger partial charge on any atom is -0.504 e. The predicted molar refractivity (Wildman–Crippen MR) is 105 cm³/mol. The van der Waals surface area contributed by atoms with Crippen molar-refractivity contribution in [2.24, 2.45) is 0 Å². The summed E-state index contributed by atoms with van der Waals surface area (Å²) in [4.78, 5) is 22.5. The number of benzene rings is 2. The van der Waals surface area contributed by atoms with Crippen LogP contribution in [-0.4, -0.2) is 41.5 Å². The lowest BCUT2D eigenvalue weighted by Gasteiger charge is -2.07. The summed E-state index contributed by atoms with van der Waals surface area (Å²) in [5.41, 5.74) is 0.596. The van der Waals surface area contributed by atoms with Crippen LogP contribution in [0, 0.1) is 0 Å². The topological polar surface area (TPSA) is 125 Å². The number of hydrogen-bond acceptors (Lipinski definition) is 5. The molecule has 0 radical (unpaired) electrons. The number of aromatic carboxylic acids is 2. The van der Waals surface area contributed by atoms with Crippen LogP contribution in [-0.2, 0) is 0 Å². The average Bonchev–Trinajstić information content (AvgIpc) is 2.71. The number of aromatic hydroxyl groups is 1. The van der Waals surface area contributed by atoms with Crippen molar-refractivity contribution in [2.45, 2.75) is 0 Å². The maximum absolute atomic E-state index is 11.3. The van der Waals surface area contributed by atoms with Gasteiger partial charge in [-0.15, -0.1) is 0 Å². The second-order valence-corrected chi connectivity index (χ2v) is 5.99. The SMILES string of the molecule is COc1cc(C(=O)O)cc(/C=C/c2ccc3cc(C(=O)O)cc(OC)c3[o+]2)c1O. The lowest BCUT2D eigenvalue weighted by atomic mass is 10.1. The highest BCUT2D eigenvalue weighted by atomic mass is 16.5. The number of hydrogen-bond donors (Lipinski definition) is 3. The van der Waals surface area contributed by atoms with E-state index >= 15 is 0 Å². The van der Waals surface area contributed by atoms with Crippen LogP contribution < -0.4 is 9.47 Å². The Morgan fingerprint density at radius 3 is 2.14 bits per heavy atom. The van der Waals surface area contributed by atoms with E-state index in [1.54, 1.807) is 12.1 Å². The molecular weight excluding hydrogens is 380 g/mol. The third kappa shape index (κ3) is 3.96. The Bertz CT molecular complexity index is 1150. The maximum atomic E-state index is 11.3. The smallest absolute Gasteiger partial charge is 0.402 e. The fourth-order valence-corrected chi connectivity index (χ4v) is 2.75. The van der Waals surface area contributed by atoms with Crippen molar-refractivity contribution in [1.29, 1.82) is 0 Å². The lowest BCUT2D eigenvalue weighted by molar-refractivity contribution is 0.0685. The van der Waals surface area contributed by atoms with Gasteiger partial charge in [-0.25, -0.2) is 14.0 Å². The van der Waals surface area contributed by atoms with Gasteiger partial charge < -0.3 is 24.8 Å². The molecule has 3 rings (SSSR count). The molecule has 0 aliphatic carbocycles. The van der Waals surface area contributed by atoms with E-state index in [-0.39, 0.29) is 33.9 Å². The van der Waals surface area contributed by atoms with Crippen molar-refractivity contribution in [1.82, 2.24) is 0 Å². The zero-order valence-corrected chi connectivity index (χ0v) is 15.5. The summed E-state index contributed by atoms with van der Waals surface area (Å²) >= 11 is 0. The van der Waals surface area contributed by atoms with E-state index < -0.39 is 11.9 Å². The van der Waals surface area contributed by atoms with Gasteiger partial charge in [-0.2, -0.15) is 0 Å². The number of phenols is 1. The Labute approximate surface area is 164 Å². The fourth-order valence-electron chi connectivity index (χ4n) is 2.75. The first kappa shape index (κ1) is 19.7. The Morgan fingerprint density at radius 1 is 0.897 bits per heavy atom. The van der Waals surface area contributed by atoms with Crippen molar-refractivity contribution in [3.63, 3.8) is 0 Å². The van der Waals surface area contributed by atoms with Gasteiger partial charge in [0.25, 0.3) is 0 Å². The molecule has 0 spiro atoms. The van der Waals surface area contributed by atoms with Gasteiger partial charge in [0.1, 0.15) is 0 Å². The molecule has 0 bridgehead atoms. The summed E-state index contributed by atoms with van der Waals surface area (Å²) in [5.74, 6) is -1.80. The number of methoxy groups -OCH3 is 2. The van der Waals surface area contributed by atoms with Crippen LogP contribution in [0.2, 0.25) is 0 Å². The third-order valence-corrected chi connectivity index (χ3v) is 4.20. The highest BCUT2D eigenvalue weighted by Gasteiger charge is 2.20. The van der Waals surface area contributed by atoms with Crippen LogP contribution in [0.1, 0.15) is 32.0 Å². The first-order valence-electron chi connectivity index (χ1n) is 8.34. The quantitative estimate of drug-likeness (QED) is 0.533. The molecule has 0 saturated heterocycles. The molecule has 0 aliphatic heterocycles. The molecule has 3 N–H and O–H groups in total. The molecule has 1 aromatic heterocycles. The summed E-state index contributed by atoms with van der Waals surface area (Å²) in [6.45, 7) is 0. The molecule has 2 aromatic carbocycles. The van der Waals surface area contributed by atoms with Gasteiger partial charge in [0, 0.05) is 23.8 Å². The average molecular weight is 397 g/mol. The first-order chi connectivity index (χ1) is 13.8. The summed E-state index contributed by atoms with van der Waals surface area (Å²) in [6, 6.07) is 8.62. The Balaban J connectivity index is 2.05. The number of ether oxygens (including phenoxy) is 2. The van der Waals surface area contributed by atoms with Gasteiger partial charge in [0.2, 0.25) is 5.75 Å². The van der Waals surface area contributed by atoms with E-state index in [0.29, 0.717) is 16.7 Å². The van der Waals surface area contributed by atoms with Gasteiger partial charge in [-0.05, 0) is 30.3 Å². The summed E-state index contributed by atoms with van der Waals surface area (Å²) in [6.07, 6.45) is 3.01. The zero-order chi connectivity index (χ0) is 21.1. The van der Waals surface area contributed by atoms with Crippen molar-refractivity contribution >= 4 is 35.1 Å². The van der Waals surface area contributed by atoms with Crippen LogP contribution in [0.15, 0.2) is 40.8 Å². The van der Waals surface area contributed by atoms with Crippen molar-refractivity contribution < 1.29 is 38.8 Å². The van der Waals surface area contributed by atoms with Gasteiger partial charge >= 0.3 is 23.3 Å². The summed E-state index contributed by atoms with van der Waals surface area (Å²) in [5, 5.41) is 29.2. The number of carboxylic acids is 2.